The molecule has 0 radical (unpaired) electrons. The number of H-pyrrole nitrogens is 1. The molecule has 0 atom stereocenters. The van der Waals surface area contributed by atoms with E-state index in [4.69, 9.17) is 0 Å². The van der Waals surface area contributed by atoms with Crippen molar-refractivity contribution in [2.45, 2.75) is 26.3 Å². The summed E-state index contributed by atoms with van der Waals surface area (Å²) in [6.07, 6.45) is 0.994. The molecular weight excluding hydrogens is 294 g/mol. The van der Waals surface area contributed by atoms with Crippen molar-refractivity contribution < 1.29 is 4.79 Å². The molecule has 0 saturated carbocycles. The Kier molecular flexibility index (Phi) is 4.41. The molecule has 0 spiro atoms. The third kappa shape index (κ3) is 4.00. The lowest BCUT2D eigenvalue weighted by molar-refractivity contribution is -0.116. The van der Waals surface area contributed by atoms with Gasteiger partial charge in [-0.3, -0.25) is 9.89 Å². The molecule has 0 fully saturated rings. The van der Waals surface area contributed by atoms with Gasteiger partial charge in [-0.25, -0.2) is 0 Å². The number of nitrogens with zero attached hydrogens (tertiary/aromatic N) is 5. The van der Waals surface area contributed by atoms with Crippen molar-refractivity contribution in [3.8, 4) is 11.4 Å². The van der Waals surface area contributed by atoms with E-state index < -0.39 is 0 Å². The van der Waals surface area contributed by atoms with Crippen molar-refractivity contribution in [2.24, 2.45) is 0 Å². The van der Waals surface area contributed by atoms with E-state index >= 15 is 0 Å². The van der Waals surface area contributed by atoms with Crippen LogP contribution in [0.15, 0.2) is 36.4 Å². The van der Waals surface area contributed by atoms with Gasteiger partial charge in [0.05, 0.1) is 6.54 Å². The van der Waals surface area contributed by atoms with E-state index in [9.17, 15) is 4.79 Å². The first-order valence-electron chi connectivity index (χ1n) is 7.36. The fourth-order valence-corrected chi connectivity index (χ4v) is 2.11. The first kappa shape index (κ1) is 14.9. The smallest absolute Gasteiger partial charge is 0.225 e. The van der Waals surface area contributed by atoms with Gasteiger partial charge in [0.1, 0.15) is 0 Å². The van der Waals surface area contributed by atoms with Crippen LogP contribution in [0.4, 0.5) is 5.82 Å². The van der Waals surface area contributed by atoms with Crippen molar-refractivity contribution in [3.05, 3.63) is 42.1 Å². The Hall–Kier alpha value is -3.03. The fourth-order valence-electron chi connectivity index (χ4n) is 2.11. The summed E-state index contributed by atoms with van der Waals surface area (Å²) in [5, 5.41) is 21.8. The van der Waals surface area contributed by atoms with Gasteiger partial charge in [-0.2, -0.15) is 9.90 Å². The van der Waals surface area contributed by atoms with Gasteiger partial charge in [-0.1, -0.05) is 30.3 Å². The third-order valence-electron chi connectivity index (χ3n) is 3.22. The molecule has 118 valence electrons. The van der Waals surface area contributed by atoms with Crippen molar-refractivity contribution in [2.75, 3.05) is 5.32 Å². The second-order valence-corrected chi connectivity index (χ2v) is 5.16. The quantitative estimate of drug-likeness (QED) is 0.722. The minimum absolute atomic E-state index is 0.0834. The van der Waals surface area contributed by atoms with Crippen LogP contribution in [-0.2, 0) is 11.3 Å². The summed E-state index contributed by atoms with van der Waals surface area (Å²) >= 11 is 0. The van der Waals surface area contributed by atoms with E-state index in [1.165, 1.54) is 4.80 Å². The van der Waals surface area contributed by atoms with Gasteiger partial charge in [-0.05, 0) is 18.6 Å². The maximum absolute atomic E-state index is 11.8. The van der Waals surface area contributed by atoms with Gasteiger partial charge >= 0.3 is 0 Å². The van der Waals surface area contributed by atoms with Crippen LogP contribution >= 0.6 is 0 Å². The maximum atomic E-state index is 11.8. The zero-order valence-corrected chi connectivity index (χ0v) is 12.7. The summed E-state index contributed by atoms with van der Waals surface area (Å²) < 4.78 is 0. The second kappa shape index (κ2) is 6.82. The van der Waals surface area contributed by atoms with Gasteiger partial charge < -0.3 is 5.32 Å². The lowest BCUT2D eigenvalue weighted by Crippen LogP contribution is -2.13. The van der Waals surface area contributed by atoms with E-state index in [2.05, 4.69) is 30.9 Å². The Balaban J connectivity index is 1.47. The molecule has 23 heavy (non-hydrogen) atoms. The van der Waals surface area contributed by atoms with Gasteiger partial charge in [0.25, 0.3) is 0 Å². The highest BCUT2D eigenvalue weighted by atomic mass is 16.1. The first-order valence-corrected chi connectivity index (χ1v) is 7.36. The summed E-state index contributed by atoms with van der Waals surface area (Å²) in [5.74, 6) is 1.04. The standard InChI is InChI=1S/C15H17N7O/c1-11-10-13(18-17-11)16-14(23)8-5-9-22-20-15(19-21-22)12-6-3-2-4-7-12/h2-4,6-7,10H,5,8-9H2,1H3,(H2,16,17,18,23). The Morgan fingerprint density at radius 2 is 2.13 bits per heavy atom. The van der Waals surface area contributed by atoms with E-state index in [-0.39, 0.29) is 5.91 Å². The average Bonchev–Trinajstić information content (AvgIpc) is 3.17. The Bertz CT molecular complexity index is 778. The second-order valence-electron chi connectivity index (χ2n) is 5.16. The van der Waals surface area contributed by atoms with Crippen LogP contribution in [0.25, 0.3) is 11.4 Å². The maximum Gasteiger partial charge on any atom is 0.225 e. The van der Waals surface area contributed by atoms with Gasteiger partial charge in [-0.15, -0.1) is 10.2 Å². The average molecular weight is 311 g/mol. The van der Waals surface area contributed by atoms with Gasteiger partial charge in [0.2, 0.25) is 11.7 Å². The number of tetrazole rings is 1. The van der Waals surface area contributed by atoms with Crippen LogP contribution in [0.2, 0.25) is 0 Å². The molecule has 2 heterocycles. The molecular formula is C15H17N7O. The highest BCUT2D eigenvalue weighted by molar-refractivity contribution is 5.89. The SMILES string of the molecule is Cc1cc(NC(=O)CCCn2nnc(-c3ccccc3)n2)n[nH]1. The van der Waals surface area contributed by atoms with Gasteiger partial charge in [0.15, 0.2) is 5.82 Å². The van der Waals surface area contributed by atoms with E-state index in [0.29, 0.717) is 31.0 Å². The predicted molar refractivity (Wildman–Crippen MR) is 84.4 cm³/mol. The predicted octanol–water partition coefficient (Wildman–Crippen LogP) is 1.79. The number of anilines is 1. The summed E-state index contributed by atoms with van der Waals surface area (Å²) in [5.41, 5.74) is 1.82. The number of amides is 1. The molecule has 0 aliphatic rings. The molecule has 3 rings (SSSR count). The number of rotatable bonds is 6. The lowest BCUT2D eigenvalue weighted by atomic mass is 10.2. The number of carbonyl (C=O) groups is 1. The zero-order chi connectivity index (χ0) is 16.1. The number of aromatic nitrogens is 6. The number of aryl methyl sites for hydroxylation is 2. The molecule has 8 heteroatoms. The topological polar surface area (TPSA) is 101 Å². The zero-order valence-electron chi connectivity index (χ0n) is 12.7. The molecule has 2 N–H and O–H groups in total. The van der Waals surface area contributed by atoms with Crippen LogP contribution in [0, 0.1) is 6.92 Å². The molecule has 0 unspecified atom stereocenters. The van der Waals surface area contributed by atoms with Crippen LogP contribution < -0.4 is 5.32 Å². The van der Waals surface area contributed by atoms with Crippen molar-refractivity contribution >= 4 is 11.7 Å². The first-order chi connectivity index (χ1) is 11.2. The number of nitrogens with one attached hydrogen (secondary N) is 2. The summed E-state index contributed by atoms with van der Waals surface area (Å²) in [4.78, 5) is 13.3. The van der Waals surface area contributed by atoms with E-state index in [1.807, 2.05) is 37.3 Å². The Morgan fingerprint density at radius 1 is 1.30 bits per heavy atom. The summed E-state index contributed by atoms with van der Waals surface area (Å²) in [6.45, 7) is 2.41. The largest absolute Gasteiger partial charge is 0.309 e. The number of hydrogen-bond donors (Lipinski definition) is 2. The normalized spacial score (nSPS) is 10.7. The molecule has 1 amide bonds. The molecule has 0 aliphatic heterocycles. The van der Waals surface area contributed by atoms with Crippen LogP contribution in [0.3, 0.4) is 0 Å². The number of carbonyl (C=O) groups excluding carboxylic acids is 1. The van der Waals surface area contributed by atoms with E-state index in [0.717, 1.165) is 11.3 Å². The highest BCUT2D eigenvalue weighted by Crippen LogP contribution is 2.12. The minimum Gasteiger partial charge on any atom is -0.309 e. The highest BCUT2D eigenvalue weighted by Gasteiger charge is 2.07. The third-order valence-corrected chi connectivity index (χ3v) is 3.22. The monoisotopic (exact) mass is 311 g/mol. The molecule has 8 nitrogen and oxygen atoms in total. The fraction of sp³-hybridized carbons (Fsp3) is 0.267. The van der Waals surface area contributed by atoms with Gasteiger partial charge in [0, 0.05) is 23.7 Å². The minimum atomic E-state index is -0.0834. The molecule has 0 saturated heterocycles. The van der Waals surface area contributed by atoms with Crippen LogP contribution in [0.1, 0.15) is 18.5 Å². The van der Waals surface area contributed by atoms with Crippen LogP contribution in [0.5, 0.6) is 0 Å². The summed E-state index contributed by atoms with van der Waals surface area (Å²) in [7, 11) is 0. The number of hydrogen-bond acceptors (Lipinski definition) is 5. The van der Waals surface area contributed by atoms with E-state index in [1.54, 1.807) is 6.07 Å². The Morgan fingerprint density at radius 3 is 2.87 bits per heavy atom. The molecule has 0 bridgehead atoms. The molecule has 3 aromatic rings. The Labute approximate surface area is 132 Å². The van der Waals surface area contributed by atoms with Crippen molar-refractivity contribution in [1.82, 2.24) is 30.4 Å². The molecule has 2 aromatic heterocycles. The van der Waals surface area contributed by atoms with Crippen molar-refractivity contribution in [3.63, 3.8) is 0 Å². The lowest BCUT2D eigenvalue weighted by Gasteiger charge is -2.01. The number of benzene rings is 1. The van der Waals surface area contributed by atoms with Crippen LogP contribution in [-0.4, -0.2) is 36.3 Å². The van der Waals surface area contributed by atoms with Crippen molar-refractivity contribution in [1.29, 1.82) is 0 Å². The number of aromatic amines is 1. The molecule has 1 aromatic carbocycles. The molecule has 0 aliphatic carbocycles. The summed E-state index contributed by atoms with van der Waals surface area (Å²) in [6, 6.07) is 11.4.